The van der Waals surface area contributed by atoms with Gasteiger partial charge in [-0.15, -0.1) is 0 Å². The van der Waals surface area contributed by atoms with Crippen molar-refractivity contribution in [2.24, 2.45) is 29.6 Å². The van der Waals surface area contributed by atoms with Crippen LogP contribution in [-0.4, -0.2) is 37.2 Å². The van der Waals surface area contributed by atoms with Gasteiger partial charge in [0.1, 0.15) is 0 Å². The van der Waals surface area contributed by atoms with Crippen LogP contribution < -0.4 is 21.3 Å². The Morgan fingerprint density at radius 3 is 1.14 bits per heavy atom. The first-order chi connectivity index (χ1) is 17.5. The predicted molar refractivity (Wildman–Crippen MR) is 147 cm³/mol. The number of carbonyl (C=O) groups excluding carboxylic acids is 2. The molecule has 0 saturated heterocycles. The fourth-order valence-corrected chi connectivity index (χ4v) is 7.81. The van der Waals surface area contributed by atoms with Crippen LogP contribution in [-0.2, 0) is 0 Å². The zero-order valence-electron chi connectivity index (χ0n) is 23.2. The van der Waals surface area contributed by atoms with E-state index in [-0.39, 0.29) is 12.1 Å². The van der Waals surface area contributed by atoms with Crippen LogP contribution in [0.3, 0.4) is 0 Å². The molecule has 0 heterocycles. The summed E-state index contributed by atoms with van der Waals surface area (Å²) in [5.74, 6) is 4.42. The van der Waals surface area contributed by atoms with Crippen molar-refractivity contribution >= 4 is 12.1 Å². The van der Waals surface area contributed by atoms with Gasteiger partial charge in [-0.2, -0.15) is 0 Å². The highest BCUT2D eigenvalue weighted by Gasteiger charge is 2.29. The molecule has 0 atom stereocenters. The van der Waals surface area contributed by atoms with E-state index in [4.69, 9.17) is 0 Å². The number of hydrogen-bond donors (Lipinski definition) is 4. The maximum absolute atomic E-state index is 12.7. The van der Waals surface area contributed by atoms with Crippen LogP contribution in [0, 0.1) is 29.6 Å². The van der Waals surface area contributed by atoms with Crippen molar-refractivity contribution in [3.05, 3.63) is 0 Å². The Bertz CT molecular complexity index is 668. The summed E-state index contributed by atoms with van der Waals surface area (Å²) in [6.07, 6.45) is 22.9. The Morgan fingerprint density at radius 2 is 0.806 bits per heavy atom. The maximum atomic E-state index is 12.7. The van der Waals surface area contributed by atoms with Gasteiger partial charge in [0.25, 0.3) is 0 Å². The third-order valence-corrected chi connectivity index (χ3v) is 10.2. The SMILES string of the molecule is CNC(=O)NC1CCC(CC2CCC(NC(=O)NC3CCC(CC4CCC(C)CC4)CC3)CC2)CC1. The van der Waals surface area contributed by atoms with Crippen molar-refractivity contribution in [2.45, 2.75) is 141 Å². The van der Waals surface area contributed by atoms with E-state index in [1.807, 2.05) is 0 Å². The molecular formula is C30H54N4O2. The lowest BCUT2D eigenvalue weighted by atomic mass is 9.74. The normalized spacial score (nSPS) is 37.5. The minimum atomic E-state index is -0.0506. The maximum Gasteiger partial charge on any atom is 0.315 e. The first-order valence-corrected chi connectivity index (χ1v) is 15.5. The van der Waals surface area contributed by atoms with E-state index in [0.29, 0.717) is 18.1 Å². The van der Waals surface area contributed by atoms with Crippen molar-refractivity contribution in [1.82, 2.24) is 21.3 Å². The molecule has 0 aliphatic heterocycles. The molecule has 4 saturated carbocycles. The molecule has 4 aliphatic carbocycles. The van der Waals surface area contributed by atoms with Crippen LogP contribution in [0.4, 0.5) is 9.59 Å². The fourth-order valence-electron chi connectivity index (χ4n) is 7.81. The van der Waals surface area contributed by atoms with Gasteiger partial charge in [-0.05, 0) is 119 Å². The second-order valence-electron chi connectivity index (χ2n) is 13.1. The minimum Gasteiger partial charge on any atom is -0.341 e. The summed E-state index contributed by atoms with van der Waals surface area (Å²) in [5, 5.41) is 12.3. The molecule has 0 radical (unpaired) electrons. The van der Waals surface area contributed by atoms with Crippen LogP contribution in [0.25, 0.3) is 0 Å². The molecule has 4 rings (SSSR count). The molecular weight excluding hydrogens is 448 g/mol. The molecule has 4 fully saturated rings. The van der Waals surface area contributed by atoms with Gasteiger partial charge in [0, 0.05) is 25.2 Å². The van der Waals surface area contributed by atoms with E-state index in [2.05, 4.69) is 28.2 Å². The van der Waals surface area contributed by atoms with Crippen molar-refractivity contribution in [3.8, 4) is 0 Å². The molecule has 0 aromatic rings. The van der Waals surface area contributed by atoms with Crippen LogP contribution in [0.2, 0.25) is 0 Å². The average molecular weight is 503 g/mol. The molecule has 4 N–H and O–H groups in total. The molecule has 0 unspecified atom stereocenters. The summed E-state index contributed by atoms with van der Waals surface area (Å²) in [4.78, 5) is 24.2. The molecule has 0 spiro atoms. The highest BCUT2D eigenvalue weighted by Crippen LogP contribution is 2.37. The molecule has 6 nitrogen and oxygen atoms in total. The molecule has 0 aromatic heterocycles. The highest BCUT2D eigenvalue weighted by atomic mass is 16.2. The lowest BCUT2D eigenvalue weighted by Crippen LogP contribution is -2.48. The van der Waals surface area contributed by atoms with Gasteiger partial charge >= 0.3 is 12.1 Å². The third kappa shape index (κ3) is 8.83. The second kappa shape index (κ2) is 13.9. The van der Waals surface area contributed by atoms with Gasteiger partial charge < -0.3 is 21.3 Å². The van der Waals surface area contributed by atoms with Gasteiger partial charge in [0.2, 0.25) is 0 Å². The molecule has 0 bridgehead atoms. The standard InChI is InChI=1S/C30H54N4O2/c1-21-3-5-22(6-4-21)19-23-9-15-27(16-10-23)33-30(36)34-28-17-11-25(12-18-28)20-24-7-13-26(14-8-24)32-29(35)31-2/h21-28H,3-20H2,1-2H3,(H2,31,32,35)(H2,33,34,36). The highest BCUT2D eigenvalue weighted by molar-refractivity contribution is 5.74. The zero-order valence-corrected chi connectivity index (χ0v) is 23.2. The molecule has 4 amide bonds. The van der Waals surface area contributed by atoms with E-state index in [1.54, 1.807) is 7.05 Å². The number of rotatable bonds is 7. The first kappa shape index (κ1) is 27.6. The van der Waals surface area contributed by atoms with E-state index in [0.717, 1.165) is 68.1 Å². The number of hydrogen-bond acceptors (Lipinski definition) is 2. The monoisotopic (exact) mass is 502 g/mol. The van der Waals surface area contributed by atoms with Gasteiger partial charge in [-0.25, -0.2) is 9.59 Å². The largest absolute Gasteiger partial charge is 0.341 e. The third-order valence-electron chi connectivity index (χ3n) is 10.2. The minimum absolute atomic E-state index is 0.0506. The van der Waals surface area contributed by atoms with E-state index < -0.39 is 0 Å². The Balaban J connectivity index is 1.05. The molecule has 4 aliphatic rings. The fraction of sp³-hybridized carbons (Fsp3) is 0.933. The van der Waals surface area contributed by atoms with E-state index in [9.17, 15) is 9.59 Å². The summed E-state index contributed by atoms with van der Waals surface area (Å²) in [5.41, 5.74) is 0. The molecule has 36 heavy (non-hydrogen) atoms. The number of urea groups is 2. The summed E-state index contributed by atoms with van der Waals surface area (Å²) in [7, 11) is 1.68. The van der Waals surface area contributed by atoms with E-state index >= 15 is 0 Å². The van der Waals surface area contributed by atoms with Crippen molar-refractivity contribution in [3.63, 3.8) is 0 Å². The predicted octanol–water partition coefficient (Wildman–Crippen LogP) is 6.50. The Kier molecular flexibility index (Phi) is 10.6. The molecule has 0 aromatic carbocycles. The van der Waals surface area contributed by atoms with Gasteiger partial charge in [-0.1, -0.05) is 32.6 Å². The van der Waals surface area contributed by atoms with Crippen LogP contribution in [0.5, 0.6) is 0 Å². The van der Waals surface area contributed by atoms with Crippen LogP contribution >= 0.6 is 0 Å². The van der Waals surface area contributed by atoms with Gasteiger partial charge in [0.15, 0.2) is 0 Å². The van der Waals surface area contributed by atoms with Crippen molar-refractivity contribution in [1.29, 1.82) is 0 Å². The summed E-state index contributed by atoms with van der Waals surface area (Å²) >= 11 is 0. The van der Waals surface area contributed by atoms with Crippen molar-refractivity contribution in [2.75, 3.05) is 7.05 Å². The van der Waals surface area contributed by atoms with Gasteiger partial charge in [0.05, 0.1) is 0 Å². The number of carbonyl (C=O) groups is 2. The topological polar surface area (TPSA) is 82.3 Å². The Hall–Kier alpha value is -1.46. The van der Waals surface area contributed by atoms with Crippen molar-refractivity contribution < 1.29 is 9.59 Å². The Labute approximate surface area is 220 Å². The lowest BCUT2D eigenvalue weighted by Gasteiger charge is -2.35. The first-order valence-electron chi connectivity index (χ1n) is 15.5. The smallest absolute Gasteiger partial charge is 0.315 e. The van der Waals surface area contributed by atoms with Gasteiger partial charge in [-0.3, -0.25) is 0 Å². The zero-order chi connectivity index (χ0) is 25.3. The molecule has 206 valence electrons. The second-order valence-corrected chi connectivity index (χ2v) is 13.1. The quantitative estimate of drug-likeness (QED) is 0.321. The Morgan fingerprint density at radius 1 is 0.500 bits per heavy atom. The lowest BCUT2D eigenvalue weighted by molar-refractivity contribution is 0.190. The van der Waals surface area contributed by atoms with E-state index in [1.165, 1.54) is 77.0 Å². The van der Waals surface area contributed by atoms with Crippen LogP contribution in [0.15, 0.2) is 0 Å². The molecule has 6 heteroatoms. The number of amides is 4. The van der Waals surface area contributed by atoms with Crippen LogP contribution in [0.1, 0.15) is 122 Å². The average Bonchev–Trinajstić information content (AvgIpc) is 2.89. The summed E-state index contributed by atoms with van der Waals surface area (Å²) in [6, 6.07) is 1.08. The summed E-state index contributed by atoms with van der Waals surface area (Å²) < 4.78 is 0. The summed E-state index contributed by atoms with van der Waals surface area (Å²) in [6.45, 7) is 2.41. The number of nitrogens with one attached hydrogen (secondary N) is 4.